The molecular formula is C27H25N3O3. The average molecular weight is 440 g/mol. The number of nitrogens with zero attached hydrogens (tertiary/aromatic N) is 2. The molecule has 0 aliphatic carbocycles. The molecule has 5 rings (SSSR count). The van der Waals surface area contributed by atoms with Gasteiger partial charge in [-0.1, -0.05) is 72.8 Å². The third kappa shape index (κ3) is 4.24. The molecule has 2 aliphatic heterocycles. The number of piperazine rings is 2. The van der Waals surface area contributed by atoms with E-state index in [1.54, 1.807) is 9.80 Å². The lowest BCUT2D eigenvalue weighted by molar-refractivity contribution is -0.152. The summed E-state index contributed by atoms with van der Waals surface area (Å²) in [4.78, 5) is 42.3. The van der Waals surface area contributed by atoms with E-state index in [2.05, 4.69) is 5.32 Å². The van der Waals surface area contributed by atoms with Crippen LogP contribution in [0.4, 0.5) is 0 Å². The molecule has 2 heterocycles. The summed E-state index contributed by atoms with van der Waals surface area (Å²) in [5, 5.41) is 2.87. The Hall–Kier alpha value is -3.93. The van der Waals surface area contributed by atoms with Crippen molar-refractivity contribution in [1.29, 1.82) is 0 Å². The van der Waals surface area contributed by atoms with Gasteiger partial charge in [0.2, 0.25) is 11.8 Å². The second-order valence-electron chi connectivity index (χ2n) is 8.49. The van der Waals surface area contributed by atoms with Crippen LogP contribution in [0.25, 0.3) is 11.1 Å². The number of hydrogen-bond acceptors (Lipinski definition) is 3. The molecule has 3 aromatic carbocycles. The predicted octanol–water partition coefficient (Wildman–Crippen LogP) is 2.75. The van der Waals surface area contributed by atoms with E-state index in [1.807, 2.05) is 84.9 Å². The largest absolute Gasteiger partial charge is 0.342 e. The van der Waals surface area contributed by atoms with Crippen molar-refractivity contribution in [2.45, 2.75) is 18.5 Å². The van der Waals surface area contributed by atoms with Gasteiger partial charge in [-0.05, 0) is 28.8 Å². The molecule has 2 atom stereocenters. The van der Waals surface area contributed by atoms with Crippen molar-refractivity contribution >= 4 is 17.7 Å². The molecule has 6 heteroatoms. The van der Waals surface area contributed by atoms with Crippen molar-refractivity contribution in [2.24, 2.45) is 0 Å². The van der Waals surface area contributed by atoms with Gasteiger partial charge in [0.05, 0.1) is 6.54 Å². The second-order valence-corrected chi connectivity index (χ2v) is 8.49. The average Bonchev–Trinajstić information content (AvgIpc) is 2.87. The summed E-state index contributed by atoms with van der Waals surface area (Å²) in [6.45, 7) is 0.970. The van der Waals surface area contributed by atoms with E-state index >= 15 is 0 Å². The second kappa shape index (κ2) is 8.90. The van der Waals surface area contributed by atoms with Crippen LogP contribution < -0.4 is 5.32 Å². The van der Waals surface area contributed by atoms with Crippen molar-refractivity contribution in [2.75, 3.05) is 19.6 Å². The molecule has 2 fully saturated rings. The Bertz CT molecular complexity index is 1160. The number of nitrogens with one attached hydrogen (secondary N) is 1. The van der Waals surface area contributed by atoms with Crippen molar-refractivity contribution in [1.82, 2.24) is 15.1 Å². The molecule has 1 N–H and O–H groups in total. The number of carbonyl (C=O) groups is 3. The Kier molecular flexibility index (Phi) is 5.65. The molecule has 33 heavy (non-hydrogen) atoms. The van der Waals surface area contributed by atoms with E-state index in [4.69, 9.17) is 0 Å². The SMILES string of the molecule is O=C1N[C@H](Cc2ccccc2)C(=O)N2CCN(C(=O)c3ccc(-c4ccccc4)cc3)C[C@H]12. The Labute approximate surface area is 192 Å². The number of carbonyl (C=O) groups excluding carboxylic acids is 3. The number of rotatable bonds is 4. The monoisotopic (exact) mass is 439 g/mol. The fraction of sp³-hybridized carbons (Fsp3) is 0.222. The van der Waals surface area contributed by atoms with E-state index in [1.165, 1.54) is 0 Å². The van der Waals surface area contributed by atoms with Gasteiger partial charge in [-0.15, -0.1) is 0 Å². The third-order valence-electron chi connectivity index (χ3n) is 6.39. The van der Waals surface area contributed by atoms with E-state index in [-0.39, 0.29) is 24.3 Å². The molecule has 2 saturated heterocycles. The highest BCUT2D eigenvalue weighted by Crippen LogP contribution is 2.22. The van der Waals surface area contributed by atoms with Gasteiger partial charge in [0.25, 0.3) is 5.91 Å². The fourth-order valence-corrected chi connectivity index (χ4v) is 4.59. The Balaban J connectivity index is 1.26. The van der Waals surface area contributed by atoms with Crippen LogP contribution in [0.2, 0.25) is 0 Å². The maximum absolute atomic E-state index is 13.1. The Morgan fingerprint density at radius 1 is 0.818 bits per heavy atom. The zero-order valence-corrected chi connectivity index (χ0v) is 18.2. The van der Waals surface area contributed by atoms with Crippen LogP contribution in [0, 0.1) is 0 Å². The highest BCUT2D eigenvalue weighted by atomic mass is 16.2. The number of amides is 3. The Morgan fingerprint density at radius 3 is 2.15 bits per heavy atom. The molecule has 2 aliphatic rings. The minimum Gasteiger partial charge on any atom is -0.342 e. The smallest absolute Gasteiger partial charge is 0.253 e. The molecule has 3 aromatic rings. The molecule has 0 bridgehead atoms. The molecule has 0 saturated carbocycles. The standard InChI is InChI=1S/C27H25N3O3/c31-25-24-18-29(26(32)22-13-11-21(12-14-22)20-9-5-2-6-10-20)15-16-30(24)27(33)23(28-25)17-19-7-3-1-4-8-19/h1-14,23-24H,15-18H2,(H,28,31)/t23-,24-/m1/s1. The van der Waals surface area contributed by atoms with Gasteiger partial charge in [-0.25, -0.2) is 0 Å². The zero-order chi connectivity index (χ0) is 22.8. The van der Waals surface area contributed by atoms with Crippen molar-refractivity contribution < 1.29 is 14.4 Å². The van der Waals surface area contributed by atoms with E-state index in [0.29, 0.717) is 25.1 Å². The van der Waals surface area contributed by atoms with E-state index < -0.39 is 12.1 Å². The summed E-state index contributed by atoms with van der Waals surface area (Å²) >= 11 is 0. The van der Waals surface area contributed by atoms with Gasteiger partial charge >= 0.3 is 0 Å². The molecule has 6 nitrogen and oxygen atoms in total. The molecule has 166 valence electrons. The maximum Gasteiger partial charge on any atom is 0.253 e. The topological polar surface area (TPSA) is 69.7 Å². The minimum absolute atomic E-state index is 0.0808. The zero-order valence-electron chi connectivity index (χ0n) is 18.2. The highest BCUT2D eigenvalue weighted by Gasteiger charge is 2.44. The van der Waals surface area contributed by atoms with Gasteiger partial charge < -0.3 is 15.1 Å². The quantitative estimate of drug-likeness (QED) is 0.680. The summed E-state index contributed by atoms with van der Waals surface area (Å²) < 4.78 is 0. The van der Waals surface area contributed by atoms with Crippen molar-refractivity contribution in [3.63, 3.8) is 0 Å². The van der Waals surface area contributed by atoms with Crippen LogP contribution in [0.1, 0.15) is 15.9 Å². The van der Waals surface area contributed by atoms with E-state index in [0.717, 1.165) is 16.7 Å². The minimum atomic E-state index is -0.647. The van der Waals surface area contributed by atoms with Crippen LogP contribution in [0.3, 0.4) is 0 Å². The predicted molar refractivity (Wildman–Crippen MR) is 125 cm³/mol. The van der Waals surface area contributed by atoms with Gasteiger partial charge in [0, 0.05) is 25.1 Å². The lowest BCUT2D eigenvalue weighted by Crippen LogP contribution is -2.70. The third-order valence-corrected chi connectivity index (χ3v) is 6.39. The van der Waals surface area contributed by atoms with Crippen LogP contribution in [0.15, 0.2) is 84.9 Å². The number of fused-ring (bicyclic) bond motifs is 1. The Morgan fingerprint density at radius 2 is 1.45 bits per heavy atom. The molecular weight excluding hydrogens is 414 g/mol. The summed E-state index contributed by atoms with van der Waals surface area (Å²) in [7, 11) is 0. The first-order valence-electron chi connectivity index (χ1n) is 11.2. The van der Waals surface area contributed by atoms with Crippen LogP contribution in [0.5, 0.6) is 0 Å². The van der Waals surface area contributed by atoms with Crippen LogP contribution in [-0.2, 0) is 16.0 Å². The molecule has 0 aromatic heterocycles. The summed E-state index contributed by atoms with van der Waals surface area (Å²) in [5.74, 6) is -0.406. The van der Waals surface area contributed by atoms with Crippen LogP contribution in [-0.4, -0.2) is 59.2 Å². The summed E-state index contributed by atoms with van der Waals surface area (Å²) in [6, 6.07) is 25.9. The fourth-order valence-electron chi connectivity index (χ4n) is 4.59. The van der Waals surface area contributed by atoms with Gasteiger partial charge in [-0.3, -0.25) is 14.4 Å². The maximum atomic E-state index is 13.1. The van der Waals surface area contributed by atoms with Crippen molar-refractivity contribution in [3.8, 4) is 11.1 Å². The first-order valence-corrected chi connectivity index (χ1v) is 11.2. The van der Waals surface area contributed by atoms with Gasteiger partial charge in [0.15, 0.2) is 0 Å². The van der Waals surface area contributed by atoms with E-state index in [9.17, 15) is 14.4 Å². The van der Waals surface area contributed by atoms with Gasteiger partial charge in [-0.2, -0.15) is 0 Å². The molecule has 3 amide bonds. The normalized spacial score (nSPS) is 20.2. The summed E-state index contributed by atoms with van der Waals surface area (Å²) in [5.41, 5.74) is 3.71. The summed E-state index contributed by atoms with van der Waals surface area (Å²) in [6.07, 6.45) is 0.463. The first kappa shape index (κ1) is 20.9. The first-order chi connectivity index (χ1) is 16.1. The number of hydrogen-bond donors (Lipinski definition) is 1. The molecule has 0 spiro atoms. The highest BCUT2D eigenvalue weighted by molar-refractivity contribution is 5.99. The lowest BCUT2D eigenvalue weighted by atomic mass is 9.98. The molecule has 0 radical (unpaired) electrons. The van der Waals surface area contributed by atoms with Crippen LogP contribution >= 0.6 is 0 Å². The molecule has 0 unspecified atom stereocenters. The van der Waals surface area contributed by atoms with Gasteiger partial charge in [0.1, 0.15) is 12.1 Å². The van der Waals surface area contributed by atoms with Crippen molar-refractivity contribution in [3.05, 3.63) is 96.1 Å². The lowest BCUT2D eigenvalue weighted by Gasteiger charge is -2.45. The number of benzene rings is 3.